The smallest absolute Gasteiger partial charge is 0.186 e. The third kappa shape index (κ3) is 2.20. The fraction of sp³-hybridized carbons (Fsp3) is 0.333. The number of aryl methyl sites for hydroxylation is 1. The van der Waals surface area contributed by atoms with E-state index in [2.05, 4.69) is 0 Å². The Morgan fingerprint density at radius 3 is 2.34 bits per heavy atom. The second-order valence-electron chi connectivity index (χ2n) is 8.19. The first-order chi connectivity index (χ1) is 14.0. The van der Waals surface area contributed by atoms with Crippen LogP contribution in [-0.2, 0) is 15.5 Å². The highest BCUT2D eigenvalue weighted by atomic mass is 32.2. The molecular weight excluding hydrogens is 384 g/mol. The van der Waals surface area contributed by atoms with Crippen LogP contribution in [0.1, 0.15) is 39.1 Å². The van der Waals surface area contributed by atoms with Crippen LogP contribution in [0.4, 0.5) is 0 Å². The predicted octanol–water partition coefficient (Wildman–Crippen LogP) is 3.90. The summed E-state index contributed by atoms with van der Waals surface area (Å²) in [5, 5.41) is 0. The molecule has 0 aromatic heterocycles. The van der Waals surface area contributed by atoms with Gasteiger partial charge in [0, 0.05) is 23.1 Å². The summed E-state index contributed by atoms with van der Waals surface area (Å²) < 4.78 is 18.7. The Bertz CT molecular complexity index is 1090. The number of benzene rings is 2. The third-order valence-electron chi connectivity index (χ3n) is 6.91. The average Bonchev–Trinajstić information content (AvgIpc) is 2.77. The maximum absolute atomic E-state index is 14.2. The van der Waals surface area contributed by atoms with Crippen molar-refractivity contribution in [3.05, 3.63) is 77.4 Å². The topological polar surface area (TPSA) is 60.4 Å². The van der Waals surface area contributed by atoms with Crippen molar-refractivity contribution in [3.8, 4) is 0 Å². The first-order valence-corrected chi connectivity index (χ1v) is 11.0. The van der Waals surface area contributed by atoms with Crippen molar-refractivity contribution >= 4 is 22.4 Å². The molecule has 0 spiro atoms. The van der Waals surface area contributed by atoms with Crippen molar-refractivity contribution in [3.63, 3.8) is 0 Å². The zero-order valence-corrected chi connectivity index (χ0v) is 17.2. The van der Waals surface area contributed by atoms with Crippen LogP contribution in [0.15, 0.2) is 65.6 Å². The summed E-state index contributed by atoms with van der Waals surface area (Å²) in [4.78, 5) is 28.3. The van der Waals surface area contributed by atoms with E-state index in [0.717, 1.165) is 12.0 Å². The molecule has 0 heterocycles. The maximum atomic E-state index is 14.2. The number of carbonyl (C=O) groups excluding carboxylic acids is 2. The van der Waals surface area contributed by atoms with Crippen molar-refractivity contribution in [1.82, 2.24) is 0 Å². The van der Waals surface area contributed by atoms with E-state index in [9.17, 15) is 13.8 Å². The molecule has 29 heavy (non-hydrogen) atoms. The molecular formula is C24H22O4S. The summed E-state index contributed by atoms with van der Waals surface area (Å²) in [6, 6.07) is 14.3. The van der Waals surface area contributed by atoms with Crippen molar-refractivity contribution < 1.29 is 18.5 Å². The lowest BCUT2D eigenvalue weighted by molar-refractivity contribution is -0.0557. The van der Waals surface area contributed by atoms with E-state index in [-0.39, 0.29) is 17.5 Å². The molecule has 1 saturated carbocycles. The van der Waals surface area contributed by atoms with Gasteiger partial charge in [-0.1, -0.05) is 54.1 Å². The lowest BCUT2D eigenvalue weighted by atomic mass is 9.53. The molecule has 0 aliphatic heterocycles. The van der Waals surface area contributed by atoms with Gasteiger partial charge in [-0.3, -0.25) is 13.8 Å². The van der Waals surface area contributed by atoms with Crippen molar-refractivity contribution in [2.24, 2.45) is 11.8 Å². The van der Waals surface area contributed by atoms with Gasteiger partial charge in [0.05, 0.1) is 16.7 Å². The Morgan fingerprint density at radius 1 is 1.03 bits per heavy atom. The fourth-order valence-corrected chi connectivity index (χ4v) is 7.61. The molecule has 2 aromatic rings. The molecule has 0 amide bonds. The summed E-state index contributed by atoms with van der Waals surface area (Å²) in [5.41, 5.74) is 0.767. The monoisotopic (exact) mass is 406 g/mol. The SMILES string of the molecule is CO[C@]12C=C[C@H](CC1)[C@H]1C(=O)c3ccccc3C(=O)[C@]12[S@@](=O)c1ccc(C)cc1. The second-order valence-corrected chi connectivity index (χ2v) is 9.84. The van der Waals surface area contributed by atoms with Gasteiger partial charge in [0.1, 0.15) is 5.60 Å². The normalized spacial score (nSPS) is 33.3. The Morgan fingerprint density at radius 2 is 1.72 bits per heavy atom. The van der Waals surface area contributed by atoms with Crippen LogP contribution in [-0.4, -0.2) is 33.2 Å². The van der Waals surface area contributed by atoms with Crippen molar-refractivity contribution in [1.29, 1.82) is 0 Å². The zero-order valence-electron chi connectivity index (χ0n) is 16.4. The molecule has 2 bridgehead atoms. The molecule has 0 radical (unpaired) electrons. The molecule has 1 fully saturated rings. The van der Waals surface area contributed by atoms with E-state index in [0.29, 0.717) is 22.4 Å². The highest BCUT2D eigenvalue weighted by Crippen LogP contribution is 2.59. The Balaban J connectivity index is 1.83. The molecule has 4 nitrogen and oxygen atoms in total. The van der Waals surface area contributed by atoms with E-state index >= 15 is 0 Å². The minimum absolute atomic E-state index is 0.101. The lowest BCUT2D eigenvalue weighted by Crippen LogP contribution is -2.74. The van der Waals surface area contributed by atoms with E-state index in [1.54, 1.807) is 43.5 Å². The molecule has 5 atom stereocenters. The van der Waals surface area contributed by atoms with Gasteiger partial charge in [-0.15, -0.1) is 0 Å². The molecule has 4 aliphatic rings. The Kier molecular flexibility index (Phi) is 4.06. The lowest BCUT2D eigenvalue weighted by Gasteiger charge is -2.59. The largest absolute Gasteiger partial charge is 0.372 e. The van der Waals surface area contributed by atoms with Gasteiger partial charge >= 0.3 is 0 Å². The number of ketones is 2. The molecule has 6 rings (SSSR count). The number of allylic oxidation sites excluding steroid dienone is 1. The van der Waals surface area contributed by atoms with Gasteiger partial charge in [-0.25, -0.2) is 0 Å². The van der Waals surface area contributed by atoms with E-state index in [1.807, 2.05) is 31.2 Å². The fourth-order valence-electron chi connectivity index (χ4n) is 5.49. The Labute approximate surface area is 172 Å². The first kappa shape index (κ1) is 18.6. The molecule has 4 aliphatic carbocycles. The number of methoxy groups -OCH3 is 1. The number of hydrogen-bond acceptors (Lipinski definition) is 4. The minimum atomic E-state index is -1.76. The van der Waals surface area contributed by atoms with E-state index < -0.39 is 27.1 Å². The van der Waals surface area contributed by atoms with Crippen molar-refractivity contribution in [2.75, 3.05) is 7.11 Å². The van der Waals surface area contributed by atoms with Gasteiger partial charge in [0.15, 0.2) is 16.3 Å². The van der Waals surface area contributed by atoms with Crippen LogP contribution in [0, 0.1) is 18.8 Å². The van der Waals surface area contributed by atoms with E-state index in [1.165, 1.54) is 0 Å². The number of hydrogen-bond donors (Lipinski definition) is 0. The number of ether oxygens (including phenoxy) is 1. The first-order valence-electron chi connectivity index (χ1n) is 9.87. The van der Waals surface area contributed by atoms with Gasteiger partial charge in [0.2, 0.25) is 0 Å². The summed E-state index contributed by atoms with van der Waals surface area (Å²) in [6.07, 6.45) is 5.19. The molecule has 5 heteroatoms. The highest BCUT2D eigenvalue weighted by Gasteiger charge is 2.73. The van der Waals surface area contributed by atoms with Crippen LogP contribution < -0.4 is 0 Å². The summed E-state index contributed by atoms with van der Waals surface area (Å²) in [5.74, 6) is -1.15. The number of carbonyl (C=O) groups is 2. The Hall–Kier alpha value is -2.37. The van der Waals surface area contributed by atoms with Crippen LogP contribution >= 0.6 is 0 Å². The maximum Gasteiger partial charge on any atom is 0.186 e. The number of fused-ring (bicyclic) bond motifs is 2. The summed E-state index contributed by atoms with van der Waals surface area (Å²) >= 11 is 0. The quantitative estimate of drug-likeness (QED) is 0.726. The zero-order chi connectivity index (χ0) is 20.4. The molecule has 148 valence electrons. The molecule has 0 N–H and O–H groups in total. The summed E-state index contributed by atoms with van der Waals surface area (Å²) in [7, 11) is -0.204. The highest BCUT2D eigenvalue weighted by molar-refractivity contribution is 7.87. The number of rotatable bonds is 3. The van der Waals surface area contributed by atoms with Gasteiger partial charge in [0.25, 0.3) is 0 Å². The van der Waals surface area contributed by atoms with Crippen molar-refractivity contribution in [2.45, 2.75) is 35.0 Å². The third-order valence-corrected chi connectivity index (χ3v) is 8.98. The standard InChI is InChI=1S/C24H22O4S/c1-15-7-9-17(10-8-15)29(27)24-20(16-11-13-23(24,28-2)14-12-16)21(25)18-5-3-4-6-19(18)22(24)26/h3-11,13,16,20H,12,14H2,1-2H3/t16-,20+,23-,24-,29+/m1/s1. The van der Waals surface area contributed by atoms with Crippen LogP contribution in [0.5, 0.6) is 0 Å². The molecule has 0 saturated heterocycles. The van der Waals surface area contributed by atoms with Crippen LogP contribution in [0.3, 0.4) is 0 Å². The van der Waals surface area contributed by atoms with Gasteiger partial charge in [-0.2, -0.15) is 0 Å². The van der Waals surface area contributed by atoms with Gasteiger partial charge < -0.3 is 4.74 Å². The van der Waals surface area contributed by atoms with Gasteiger partial charge in [-0.05, 0) is 37.8 Å². The summed E-state index contributed by atoms with van der Waals surface area (Å²) in [6.45, 7) is 1.96. The molecule has 0 unspecified atom stereocenters. The van der Waals surface area contributed by atoms with Crippen LogP contribution in [0.2, 0.25) is 0 Å². The second kappa shape index (κ2) is 6.31. The van der Waals surface area contributed by atoms with Crippen LogP contribution in [0.25, 0.3) is 0 Å². The van der Waals surface area contributed by atoms with E-state index in [4.69, 9.17) is 4.74 Å². The minimum Gasteiger partial charge on any atom is -0.372 e. The number of Topliss-reactive ketones (excluding diaryl/α,β-unsaturated/α-hetero) is 2. The average molecular weight is 407 g/mol. The molecule has 2 aromatic carbocycles. The predicted molar refractivity (Wildman–Crippen MR) is 111 cm³/mol.